The number of likely N-dealkylation sites (tertiary alicyclic amines) is 1. The van der Waals surface area contributed by atoms with Crippen LogP contribution in [0.1, 0.15) is 36.5 Å². The topological polar surface area (TPSA) is 79.9 Å². The number of carbonyl (C=O) groups excluding carboxylic acids is 2. The Morgan fingerprint density at radius 2 is 1.89 bits per heavy atom. The molecule has 2 fully saturated rings. The van der Waals surface area contributed by atoms with Gasteiger partial charge in [-0.25, -0.2) is 0 Å². The minimum absolute atomic E-state index is 0. The van der Waals surface area contributed by atoms with E-state index in [1.54, 1.807) is 18.2 Å². The second-order valence-electron chi connectivity index (χ2n) is 7.06. The number of nitrogens with zero attached hydrogens (tertiary/aromatic N) is 1. The molecule has 0 unspecified atom stereocenters. The van der Waals surface area contributed by atoms with Gasteiger partial charge in [-0.15, -0.1) is 12.4 Å². The lowest BCUT2D eigenvalue weighted by molar-refractivity contribution is -0.134. The number of rotatable bonds is 8. The van der Waals surface area contributed by atoms with Crippen molar-refractivity contribution in [3.8, 4) is 11.5 Å². The van der Waals surface area contributed by atoms with Crippen LogP contribution in [-0.2, 0) is 4.79 Å². The van der Waals surface area contributed by atoms with Gasteiger partial charge < -0.3 is 25.0 Å². The van der Waals surface area contributed by atoms with Crippen molar-refractivity contribution in [2.45, 2.75) is 26.2 Å². The zero-order chi connectivity index (χ0) is 19.1. The molecule has 2 amide bonds. The zero-order valence-electron chi connectivity index (χ0n) is 16.4. The Kier molecular flexibility index (Phi) is 8.86. The predicted octanol–water partition coefficient (Wildman–Crippen LogP) is 1.85. The molecule has 0 atom stereocenters. The molecule has 1 aromatic rings. The van der Waals surface area contributed by atoms with Gasteiger partial charge in [0.1, 0.15) is 0 Å². The highest BCUT2D eigenvalue weighted by molar-refractivity contribution is 5.94. The molecule has 28 heavy (non-hydrogen) atoms. The lowest BCUT2D eigenvalue weighted by Gasteiger charge is -2.27. The lowest BCUT2D eigenvalue weighted by Crippen LogP contribution is -2.48. The summed E-state index contributed by atoms with van der Waals surface area (Å²) in [5.74, 6) is 1.35. The minimum Gasteiger partial charge on any atom is -0.490 e. The molecule has 0 spiro atoms. The Morgan fingerprint density at radius 1 is 1.14 bits per heavy atom. The molecule has 2 aliphatic rings. The van der Waals surface area contributed by atoms with E-state index in [1.165, 1.54) is 6.42 Å². The average molecular weight is 412 g/mol. The van der Waals surface area contributed by atoms with E-state index < -0.39 is 0 Å². The summed E-state index contributed by atoms with van der Waals surface area (Å²) in [6.07, 6.45) is 3.28. The van der Waals surface area contributed by atoms with Crippen molar-refractivity contribution in [2.24, 2.45) is 5.92 Å². The summed E-state index contributed by atoms with van der Waals surface area (Å²) in [6.45, 7) is 6.48. The molecule has 0 bridgehead atoms. The van der Waals surface area contributed by atoms with Crippen molar-refractivity contribution in [3.63, 3.8) is 0 Å². The van der Waals surface area contributed by atoms with Crippen molar-refractivity contribution >= 4 is 24.2 Å². The van der Waals surface area contributed by atoms with E-state index in [-0.39, 0.29) is 30.8 Å². The van der Waals surface area contributed by atoms with E-state index in [2.05, 4.69) is 10.6 Å². The number of halogens is 1. The van der Waals surface area contributed by atoms with Gasteiger partial charge in [-0.1, -0.05) is 0 Å². The molecule has 156 valence electrons. The van der Waals surface area contributed by atoms with E-state index in [9.17, 15) is 9.59 Å². The number of ether oxygens (including phenoxy) is 2. The average Bonchev–Trinajstić information content (AvgIpc) is 2.66. The van der Waals surface area contributed by atoms with Gasteiger partial charge in [0, 0.05) is 44.2 Å². The first-order chi connectivity index (χ1) is 13.2. The molecule has 0 aliphatic carbocycles. The molecule has 1 aromatic carbocycles. The van der Waals surface area contributed by atoms with Crippen LogP contribution in [0.5, 0.6) is 11.5 Å². The minimum atomic E-state index is -0.126. The highest BCUT2D eigenvalue weighted by Gasteiger charge is 2.20. The monoisotopic (exact) mass is 411 g/mol. The fourth-order valence-corrected chi connectivity index (χ4v) is 3.24. The molecule has 0 aromatic heterocycles. The van der Waals surface area contributed by atoms with E-state index in [0.29, 0.717) is 36.1 Å². The summed E-state index contributed by atoms with van der Waals surface area (Å²) in [4.78, 5) is 26.5. The summed E-state index contributed by atoms with van der Waals surface area (Å²) in [6, 6.07) is 5.09. The first-order valence-corrected chi connectivity index (χ1v) is 9.83. The third-order valence-electron chi connectivity index (χ3n) is 4.98. The number of hydrogen-bond acceptors (Lipinski definition) is 5. The van der Waals surface area contributed by atoms with Crippen molar-refractivity contribution in [3.05, 3.63) is 23.8 Å². The largest absolute Gasteiger partial charge is 0.490 e. The molecule has 3 rings (SSSR count). The Bertz CT molecular complexity index is 661. The van der Waals surface area contributed by atoms with Crippen molar-refractivity contribution in [1.82, 2.24) is 15.5 Å². The quantitative estimate of drug-likeness (QED) is 0.682. The van der Waals surface area contributed by atoms with Gasteiger partial charge >= 0.3 is 0 Å². The zero-order valence-corrected chi connectivity index (χ0v) is 17.2. The maximum absolute atomic E-state index is 12.3. The number of carbonyl (C=O) groups is 2. The van der Waals surface area contributed by atoms with Gasteiger partial charge in [0.25, 0.3) is 11.8 Å². The molecular weight excluding hydrogens is 382 g/mol. The number of benzene rings is 1. The summed E-state index contributed by atoms with van der Waals surface area (Å²) in [5, 5.41) is 6.13. The normalized spacial score (nSPS) is 16.5. The smallest absolute Gasteiger partial charge is 0.260 e. The van der Waals surface area contributed by atoms with Crippen molar-refractivity contribution in [2.75, 3.05) is 45.9 Å². The summed E-state index contributed by atoms with van der Waals surface area (Å²) < 4.78 is 11.3. The third kappa shape index (κ3) is 6.01. The maximum atomic E-state index is 12.3. The number of piperidine rings is 1. The van der Waals surface area contributed by atoms with Crippen LogP contribution < -0.4 is 20.1 Å². The second kappa shape index (κ2) is 11.1. The first-order valence-electron chi connectivity index (χ1n) is 9.83. The third-order valence-corrected chi connectivity index (χ3v) is 4.98. The molecule has 7 nitrogen and oxygen atoms in total. The van der Waals surface area contributed by atoms with Crippen molar-refractivity contribution in [1.29, 1.82) is 0 Å². The molecule has 2 heterocycles. The Labute approximate surface area is 172 Å². The highest BCUT2D eigenvalue weighted by Crippen LogP contribution is 2.28. The summed E-state index contributed by atoms with van der Waals surface area (Å²) in [5.41, 5.74) is 0.528. The van der Waals surface area contributed by atoms with Gasteiger partial charge in [0.2, 0.25) is 0 Å². The van der Waals surface area contributed by atoms with Crippen LogP contribution >= 0.6 is 12.4 Å². The first kappa shape index (κ1) is 22.3. The fourth-order valence-electron chi connectivity index (χ4n) is 3.24. The van der Waals surface area contributed by atoms with Crippen LogP contribution in [0.3, 0.4) is 0 Å². The van der Waals surface area contributed by atoms with Gasteiger partial charge in [0.15, 0.2) is 18.1 Å². The van der Waals surface area contributed by atoms with Crippen LogP contribution in [-0.4, -0.2) is 62.7 Å². The maximum Gasteiger partial charge on any atom is 0.260 e. The summed E-state index contributed by atoms with van der Waals surface area (Å²) >= 11 is 0. The van der Waals surface area contributed by atoms with Gasteiger partial charge in [-0.05, 0) is 44.4 Å². The van der Waals surface area contributed by atoms with Gasteiger partial charge in [-0.3, -0.25) is 9.59 Å². The Hall–Kier alpha value is -1.99. The fraction of sp³-hybridized carbons (Fsp3) is 0.600. The predicted molar refractivity (Wildman–Crippen MR) is 109 cm³/mol. The summed E-state index contributed by atoms with van der Waals surface area (Å²) in [7, 11) is 0. The molecule has 2 saturated heterocycles. The van der Waals surface area contributed by atoms with Crippen LogP contribution in [0.25, 0.3) is 0 Å². The van der Waals surface area contributed by atoms with Crippen LogP contribution in [0, 0.1) is 5.92 Å². The molecule has 8 heteroatoms. The standard InChI is InChI=1S/C20H29N3O4.ClH/c1-2-26-18-10-16(20(25)22-13-15-11-21-12-15)6-7-17(18)27-14-19(24)23-8-4-3-5-9-23;/h6-7,10,15,21H,2-5,8-9,11-14H2,1H3,(H,22,25);1H. The molecule has 0 radical (unpaired) electrons. The molecule has 2 N–H and O–H groups in total. The van der Waals surface area contributed by atoms with E-state index in [1.807, 2.05) is 11.8 Å². The van der Waals surface area contributed by atoms with Gasteiger partial charge in [0.05, 0.1) is 6.61 Å². The Balaban J connectivity index is 0.00000280. The Morgan fingerprint density at radius 3 is 2.54 bits per heavy atom. The van der Waals surface area contributed by atoms with Gasteiger partial charge in [-0.2, -0.15) is 0 Å². The van der Waals surface area contributed by atoms with E-state index in [0.717, 1.165) is 39.0 Å². The van der Waals surface area contributed by atoms with Crippen LogP contribution in [0.2, 0.25) is 0 Å². The van der Waals surface area contributed by atoms with Crippen molar-refractivity contribution < 1.29 is 19.1 Å². The second-order valence-corrected chi connectivity index (χ2v) is 7.06. The number of nitrogens with one attached hydrogen (secondary N) is 2. The van der Waals surface area contributed by atoms with Crippen LogP contribution in [0.4, 0.5) is 0 Å². The van der Waals surface area contributed by atoms with Crippen LogP contribution in [0.15, 0.2) is 18.2 Å². The molecule has 0 saturated carbocycles. The SMILES string of the molecule is CCOc1cc(C(=O)NCC2CNC2)ccc1OCC(=O)N1CCCCC1.Cl. The lowest BCUT2D eigenvalue weighted by atomic mass is 10.0. The number of amides is 2. The number of hydrogen-bond donors (Lipinski definition) is 2. The van der Waals surface area contributed by atoms with E-state index >= 15 is 0 Å². The molecule has 2 aliphatic heterocycles. The highest BCUT2D eigenvalue weighted by atomic mass is 35.5. The molecular formula is C20H30ClN3O4. The van der Waals surface area contributed by atoms with E-state index in [4.69, 9.17) is 9.47 Å².